The summed E-state index contributed by atoms with van der Waals surface area (Å²) in [6, 6.07) is 8.24. The Kier molecular flexibility index (Phi) is 3.70. The van der Waals surface area contributed by atoms with Gasteiger partial charge >= 0.3 is 0 Å². The van der Waals surface area contributed by atoms with Crippen LogP contribution in [0.25, 0.3) is 10.1 Å². The first-order valence-corrected chi connectivity index (χ1v) is 7.28. The van der Waals surface area contributed by atoms with E-state index >= 15 is 0 Å². The number of aliphatic hydroxyl groups excluding tert-OH is 1. The van der Waals surface area contributed by atoms with Gasteiger partial charge in [-0.15, -0.1) is 11.3 Å². The summed E-state index contributed by atoms with van der Waals surface area (Å²) in [5, 5.41) is 11.7. The molecule has 2 heterocycles. The maximum absolute atomic E-state index is 13.2. The maximum atomic E-state index is 13.2. The summed E-state index contributed by atoms with van der Waals surface area (Å²) in [6.07, 6.45) is 2.96. The van der Waals surface area contributed by atoms with Gasteiger partial charge in [-0.2, -0.15) is 0 Å². The van der Waals surface area contributed by atoms with Crippen molar-refractivity contribution in [2.24, 2.45) is 0 Å². The van der Waals surface area contributed by atoms with Crippen molar-refractivity contribution >= 4 is 33.0 Å². The van der Waals surface area contributed by atoms with Crippen LogP contribution in [0.15, 0.2) is 42.7 Å². The Labute approximate surface area is 124 Å². The summed E-state index contributed by atoms with van der Waals surface area (Å²) in [5.74, 6) is -0.270. The molecule has 3 aromatic rings. The van der Waals surface area contributed by atoms with Crippen molar-refractivity contribution in [1.29, 1.82) is 0 Å². The molecule has 2 aromatic heterocycles. The number of fused-ring (bicyclic) bond motifs is 1. The molecule has 0 saturated heterocycles. The predicted octanol–water partition coefficient (Wildman–Crippen LogP) is 4.36. The summed E-state index contributed by atoms with van der Waals surface area (Å²) in [6.45, 7) is 0. The van der Waals surface area contributed by atoms with E-state index in [-0.39, 0.29) is 5.82 Å². The van der Waals surface area contributed by atoms with Gasteiger partial charge in [0.05, 0.1) is 11.1 Å². The lowest BCUT2D eigenvalue weighted by molar-refractivity contribution is 0.182. The van der Waals surface area contributed by atoms with E-state index in [1.807, 2.05) is 6.07 Å². The van der Waals surface area contributed by atoms with Gasteiger partial charge in [0.25, 0.3) is 0 Å². The second-order valence-electron chi connectivity index (χ2n) is 4.52. The maximum Gasteiger partial charge on any atom is 0.123 e. The van der Waals surface area contributed by atoms with E-state index in [4.69, 9.17) is 11.6 Å². The first-order chi connectivity index (χ1) is 9.63. The Hall–Kier alpha value is -1.49. The summed E-state index contributed by atoms with van der Waals surface area (Å²) >= 11 is 7.50. The van der Waals surface area contributed by atoms with Gasteiger partial charge in [-0.25, -0.2) is 4.39 Å². The third-order valence-corrected chi connectivity index (χ3v) is 4.65. The van der Waals surface area contributed by atoms with Crippen LogP contribution in [0.2, 0.25) is 5.02 Å². The molecule has 0 bridgehead atoms. The van der Waals surface area contributed by atoms with Crippen molar-refractivity contribution in [1.82, 2.24) is 4.98 Å². The smallest absolute Gasteiger partial charge is 0.123 e. The Bertz CT molecular complexity index is 758. The molecule has 20 heavy (non-hydrogen) atoms. The fourth-order valence-corrected chi connectivity index (χ4v) is 3.30. The minimum atomic E-state index is -0.657. The average Bonchev–Trinajstić information content (AvgIpc) is 2.84. The number of benzene rings is 1. The third-order valence-electron chi connectivity index (χ3n) is 3.10. The van der Waals surface area contributed by atoms with Crippen LogP contribution >= 0.6 is 22.9 Å². The second kappa shape index (κ2) is 5.48. The SMILES string of the molecule is OC(Cc1ccncc1Cl)c1cc2cc(F)ccc2s1. The fourth-order valence-electron chi connectivity index (χ4n) is 2.08. The molecule has 0 spiro atoms. The van der Waals surface area contributed by atoms with Gasteiger partial charge in [-0.05, 0) is 41.3 Å². The molecule has 1 unspecified atom stereocenters. The zero-order chi connectivity index (χ0) is 14.1. The number of pyridine rings is 1. The Morgan fingerprint density at radius 1 is 1.30 bits per heavy atom. The molecule has 0 radical (unpaired) electrons. The Morgan fingerprint density at radius 2 is 2.15 bits per heavy atom. The highest BCUT2D eigenvalue weighted by Crippen LogP contribution is 2.32. The molecule has 1 aromatic carbocycles. The van der Waals surface area contributed by atoms with Crippen LogP contribution < -0.4 is 0 Å². The molecule has 0 aliphatic rings. The van der Waals surface area contributed by atoms with Gasteiger partial charge in [0.2, 0.25) is 0 Å². The number of aliphatic hydroxyl groups is 1. The number of hydrogen-bond acceptors (Lipinski definition) is 3. The molecular weight excluding hydrogens is 297 g/mol. The average molecular weight is 308 g/mol. The van der Waals surface area contributed by atoms with E-state index in [0.29, 0.717) is 11.4 Å². The van der Waals surface area contributed by atoms with Crippen molar-refractivity contribution in [3.63, 3.8) is 0 Å². The molecule has 0 aliphatic heterocycles. The lowest BCUT2D eigenvalue weighted by atomic mass is 10.1. The summed E-state index contributed by atoms with van der Waals surface area (Å²) in [5.41, 5.74) is 0.845. The molecule has 0 saturated carbocycles. The second-order valence-corrected chi connectivity index (χ2v) is 6.04. The number of halogens is 2. The topological polar surface area (TPSA) is 33.1 Å². The highest BCUT2D eigenvalue weighted by molar-refractivity contribution is 7.19. The van der Waals surface area contributed by atoms with Crippen LogP contribution in [0.1, 0.15) is 16.5 Å². The predicted molar refractivity (Wildman–Crippen MR) is 79.7 cm³/mol. The molecule has 102 valence electrons. The fraction of sp³-hybridized carbons (Fsp3) is 0.133. The monoisotopic (exact) mass is 307 g/mol. The van der Waals surface area contributed by atoms with E-state index < -0.39 is 6.10 Å². The lowest BCUT2D eigenvalue weighted by Crippen LogP contribution is -2.00. The standard InChI is InChI=1S/C15H11ClFNOS/c16-12-8-18-4-3-9(12)6-13(19)15-7-10-5-11(17)1-2-14(10)20-15/h1-5,7-8,13,19H,6H2. The number of rotatable bonds is 3. The molecule has 1 atom stereocenters. The molecule has 0 aliphatic carbocycles. The zero-order valence-corrected chi connectivity index (χ0v) is 12.0. The van der Waals surface area contributed by atoms with Crippen LogP contribution in [-0.4, -0.2) is 10.1 Å². The highest BCUT2D eigenvalue weighted by atomic mass is 35.5. The van der Waals surface area contributed by atoms with E-state index in [9.17, 15) is 9.50 Å². The van der Waals surface area contributed by atoms with Crippen LogP contribution in [-0.2, 0) is 6.42 Å². The highest BCUT2D eigenvalue weighted by Gasteiger charge is 2.14. The van der Waals surface area contributed by atoms with Crippen LogP contribution in [0, 0.1) is 5.82 Å². The normalized spacial score (nSPS) is 12.8. The van der Waals surface area contributed by atoms with E-state index in [1.165, 1.54) is 23.5 Å². The van der Waals surface area contributed by atoms with Gasteiger partial charge in [-0.3, -0.25) is 4.98 Å². The number of thiophene rings is 1. The minimum Gasteiger partial charge on any atom is -0.387 e. The molecule has 2 nitrogen and oxygen atoms in total. The Morgan fingerprint density at radius 3 is 2.95 bits per heavy atom. The van der Waals surface area contributed by atoms with Crippen molar-refractivity contribution < 1.29 is 9.50 Å². The molecule has 0 amide bonds. The summed E-state index contributed by atoms with van der Waals surface area (Å²) in [7, 11) is 0. The summed E-state index contributed by atoms with van der Waals surface area (Å²) < 4.78 is 14.1. The molecule has 3 rings (SSSR count). The van der Waals surface area contributed by atoms with Gasteiger partial charge in [0, 0.05) is 28.4 Å². The van der Waals surface area contributed by atoms with E-state index in [2.05, 4.69) is 4.98 Å². The first-order valence-electron chi connectivity index (χ1n) is 6.09. The van der Waals surface area contributed by atoms with Gasteiger partial charge in [-0.1, -0.05) is 11.6 Å². The Balaban J connectivity index is 1.89. The van der Waals surface area contributed by atoms with Crippen molar-refractivity contribution in [3.8, 4) is 0 Å². The largest absolute Gasteiger partial charge is 0.387 e. The molecule has 0 fully saturated rings. The van der Waals surface area contributed by atoms with Crippen molar-refractivity contribution in [2.75, 3.05) is 0 Å². The quantitative estimate of drug-likeness (QED) is 0.779. The third kappa shape index (κ3) is 2.68. The molecule has 1 N–H and O–H groups in total. The number of nitrogens with zero attached hydrogens (tertiary/aromatic N) is 1. The molecular formula is C15H11ClFNOS. The van der Waals surface area contributed by atoms with Gasteiger partial charge < -0.3 is 5.11 Å². The van der Waals surface area contributed by atoms with Crippen LogP contribution in [0.3, 0.4) is 0 Å². The van der Waals surface area contributed by atoms with Crippen molar-refractivity contribution in [2.45, 2.75) is 12.5 Å². The van der Waals surface area contributed by atoms with Crippen molar-refractivity contribution in [3.05, 3.63) is 64.0 Å². The number of hydrogen-bond donors (Lipinski definition) is 1. The minimum absolute atomic E-state index is 0.270. The zero-order valence-electron chi connectivity index (χ0n) is 10.4. The van der Waals surface area contributed by atoms with Gasteiger partial charge in [0.1, 0.15) is 5.82 Å². The number of aromatic nitrogens is 1. The van der Waals surface area contributed by atoms with E-state index in [1.54, 1.807) is 24.5 Å². The van der Waals surface area contributed by atoms with Crippen LogP contribution in [0.5, 0.6) is 0 Å². The first kappa shape index (κ1) is 13.5. The summed E-state index contributed by atoms with van der Waals surface area (Å²) in [4.78, 5) is 4.72. The van der Waals surface area contributed by atoms with E-state index in [0.717, 1.165) is 20.5 Å². The molecule has 5 heteroatoms. The lowest BCUT2D eigenvalue weighted by Gasteiger charge is -2.09. The van der Waals surface area contributed by atoms with Gasteiger partial charge in [0.15, 0.2) is 0 Å². The van der Waals surface area contributed by atoms with Crippen LogP contribution in [0.4, 0.5) is 4.39 Å².